The van der Waals surface area contributed by atoms with Crippen LogP contribution in [0.25, 0.3) is 0 Å². The highest BCUT2D eigenvalue weighted by Crippen LogP contribution is 2.31. The van der Waals surface area contributed by atoms with Crippen molar-refractivity contribution >= 4 is 28.7 Å². The minimum atomic E-state index is -0.0383. The lowest BCUT2D eigenvalue weighted by Crippen LogP contribution is -2.39. The molecule has 1 aromatic heterocycles. The summed E-state index contributed by atoms with van der Waals surface area (Å²) in [5.74, 6) is 0.205. The van der Waals surface area contributed by atoms with E-state index < -0.39 is 0 Å². The van der Waals surface area contributed by atoms with Gasteiger partial charge in [0.25, 0.3) is 0 Å². The van der Waals surface area contributed by atoms with Gasteiger partial charge in [0.15, 0.2) is 5.78 Å². The first kappa shape index (κ1) is 15.0. The summed E-state index contributed by atoms with van der Waals surface area (Å²) in [5.41, 5.74) is 0.407. The summed E-state index contributed by atoms with van der Waals surface area (Å²) in [4.78, 5) is 15.5. The Balaban J connectivity index is 2.03. The van der Waals surface area contributed by atoms with E-state index in [2.05, 4.69) is 18.7 Å². The van der Waals surface area contributed by atoms with Crippen molar-refractivity contribution in [1.29, 1.82) is 0 Å². The van der Waals surface area contributed by atoms with E-state index in [-0.39, 0.29) is 11.8 Å². The van der Waals surface area contributed by atoms with E-state index in [0.717, 1.165) is 24.4 Å². The standard InChI is InChI=1S/C15H22ClNOS/c1-11(14(18)12-5-6-13(16)19-12)17-9-4-7-15(2,3)8-10-17/h5-6,11H,4,7-10H2,1-3H3. The van der Waals surface area contributed by atoms with Gasteiger partial charge in [0.2, 0.25) is 0 Å². The summed E-state index contributed by atoms with van der Waals surface area (Å²) in [6.07, 6.45) is 3.58. The van der Waals surface area contributed by atoms with Gasteiger partial charge >= 0.3 is 0 Å². The van der Waals surface area contributed by atoms with Crippen molar-refractivity contribution in [2.45, 2.75) is 46.1 Å². The Bertz CT molecular complexity index is 455. The molecule has 1 unspecified atom stereocenters. The molecule has 2 heterocycles. The average Bonchev–Trinajstić information content (AvgIpc) is 2.69. The minimum Gasteiger partial charge on any atom is -0.293 e. The predicted molar refractivity (Wildman–Crippen MR) is 82.3 cm³/mol. The molecule has 0 aliphatic carbocycles. The molecule has 106 valence electrons. The minimum absolute atomic E-state index is 0.0383. The topological polar surface area (TPSA) is 20.3 Å². The van der Waals surface area contributed by atoms with Gasteiger partial charge in [0, 0.05) is 0 Å². The maximum absolute atomic E-state index is 12.4. The van der Waals surface area contributed by atoms with Crippen molar-refractivity contribution in [2.24, 2.45) is 5.41 Å². The van der Waals surface area contributed by atoms with Gasteiger partial charge in [-0.1, -0.05) is 25.4 Å². The van der Waals surface area contributed by atoms with Gasteiger partial charge in [-0.15, -0.1) is 11.3 Å². The number of ketones is 1. The summed E-state index contributed by atoms with van der Waals surface area (Å²) in [6, 6.07) is 3.61. The monoisotopic (exact) mass is 299 g/mol. The molecule has 0 amide bonds. The third-order valence-electron chi connectivity index (χ3n) is 4.12. The molecular formula is C15H22ClNOS. The number of halogens is 1. The third-order valence-corrected chi connectivity index (χ3v) is 5.36. The van der Waals surface area contributed by atoms with Crippen LogP contribution in [0.2, 0.25) is 4.34 Å². The number of nitrogens with zero attached hydrogens (tertiary/aromatic N) is 1. The highest BCUT2D eigenvalue weighted by atomic mass is 35.5. The van der Waals surface area contributed by atoms with Crippen LogP contribution in [0.1, 0.15) is 49.7 Å². The second kappa shape index (κ2) is 5.94. The van der Waals surface area contributed by atoms with Crippen molar-refractivity contribution in [1.82, 2.24) is 4.90 Å². The van der Waals surface area contributed by atoms with E-state index in [4.69, 9.17) is 11.6 Å². The normalized spacial score (nSPS) is 21.9. The Kier molecular flexibility index (Phi) is 4.70. The molecule has 0 saturated carbocycles. The van der Waals surface area contributed by atoms with E-state index in [1.54, 1.807) is 6.07 Å². The van der Waals surface area contributed by atoms with Crippen LogP contribution in [0.15, 0.2) is 12.1 Å². The van der Waals surface area contributed by atoms with Gasteiger partial charge in [-0.2, -0.15) is 0 Å². The summed E-state index contributed by atoms with van der Waals surface area (Å²) in [5, 5.41) is 0. The summed E-state index contributed by atoms with van der Waals surface area (Å²) >= 11 is 7.29. The summed E-state index contributed by atoms with van der Waals surface area (Å²) in [6.45, 7) is 8.70. The van der Waals surface area contributed by atoms with E-state index >= 15 is 0 Å². The number of carbonyl (C=O) groups excluding carboxylic acids is 1. The van der Waals surface area contributed by atoms with Crippen molar-refractivity contribution in [2.75, 3.05) is 13.1 Å². The molecule has 1 fully saturated rings. The quantitative estimate of drug-likeness (QED) is 0.767. The number of thiophene rings is 1. The Morgan fingerprint density at radius 3 is 2.74 bits per heavy atom. The number of Topliss-reactive ketones (excluding diaryl/α,β-unsaturated/α-hetero) is 1. The maximum Gasteiger partial charge on any atom is 0.189 e. The molecule has 1 saturated heterocycles. The van der Waals surface area contributed by atoms with Crippen LogP contribution in [0, 0.1) is 5.41 Å². The molecule has 1 aromatic rings. The van der Waals surface area contributed by atoms with Crippen LogP contribution < -0.4 is 0 Å². The second-order valence-corrected chi connectivity index (χ2v) is 7.91. The molecule has 4 heteroatoms. The second-order valence-electron chi connectivity index (χ2n) is 6.20. The van der Waals surface area contributed by atoms with Crippen molar-refractivity contribution in [3.05, 3.63) is 21.3 Å². The molecule has 0 radical (unpaired) electrons. The fraction of sp³-hybridized carbons (Fsp3) is 0.667. The van der Waals surface area contributed by atoms with Gasteiger partial charge in [0.05, 0.1) is 15.3 Å². The molecule has 0 N–H and O–H groups in total. The van der Waals surface area contributed by atoms with Crippen LogP contribution in [-0.2, 0) is 0 Å². The van der Waals surface area contributed by atoms with Crippen LogP contribution in [0.5, 0.6) is 0 Å². The number of likely N-dealkylation sites (tertiary alicyclic amines) is 1. The van der Waals surface area contributed by atoms with Gasteiger partial charge in [-0.25, -0.2) is 0 Å². The first-order valence-corrected chi connectivity index (χ1v) is 8.12. The Morgan fingerprint density at radius 2 is 2.11 bits per heavy atom. The first-order valence-electron chi connectivity index (χ1n) is 6.93. The highest BCUT2D eigenvalue weighted by Gasteiger charge is 2.28. The molecule has 0 aromatic carbocycles. The van der Waals surface area contributed by atoms with Crippen LogP contribution in [-0.4, -0.2) is 29.8 Å². The first-order chi connectivity index (χ1) is 8.89. The van der Waals surface area contributed by atoms with Crippen molar-refractivity contribution in [3.63, 3.8) is 0 Å². The lowest BCUT2D eigenvalue weighted by atomic mass is 9.85. The summed E-state index contributed by atoms with van der Waals surface area (Å²) < 4.78 is 0.688. The molecule has 0 spiro atoms. The number of hydrogen-bond acceptors (Lipinski definition) is 3. The molecule has 1 aliphatic heterocycles. The molecule has 2 rings (SSSR count). The molecule has 19 heavy (non-hydrogen) atoms. The molecule has 0 bridgehead atoms. The Morgan fingerprint density at radius 1 is 1.37 bits per heavy atom. The zero-order valence-corrected chi connectivity index (χ0v) is 13.5. The number of hydrogen-bond donors (Lipinski definition) is 0. The molecular weight excluding hydrogens is 278 g/mol. The predicted octanol–water partition coefficient (Wildman–Crippen LogP) is 4.48. The Hall–Kier alpha value is -0.380. The molecule has 1 aliphatic rings. The smallest absolute Gasteiger partial charge is 0.189 e. The fourth-order valence-electron chi connectivity index (χ4n) is 2.65. The van der Waals surface area contributed by atoms with Crippen LogP contribution in [0.3, 0.4) is 0 Å². The van der Waals surface area contributed by atoms with E-state index in [1.807, 2.05) is 13.0 Å². The van der Waals surface area contributed by atoms with Gasteiger partial charge in [-0.3, -0.25) is 9.69 Å². The van der Waals surface area contributed by atoms with Crippen molar-refractivity contribution in [3.8, 4) is 0 Å². The van der Waals surface area contributed by atoms with Crippen molar-refractivity contribution < 1.29 is 4.79 Å². The summed E-state index contributed by atoms with van der Waals surface area (Å²) in [7, 11) is 0. The van der Waals surface area contributed by atoms with Gasteiger partial charge < -0.3 is 0 Å². The lowest BCUT2D eigenvalue weighted by molar-refractivity contribution is 0.0842. The number of carbonyl (C=O) groups is 1. The molecule has 2 nitrogen and oxygen atoms in total. The SMILES string of the molecule is CC(C(=O)c1ccc(Cl)s1)N1CCCC(C)(C)CC1. The largest absolute Gasteiger partial charge is 0.293 e. The van der Waals surface area contributed by atoms with E-state index in [9.17, 15) is 4.79 Å². The average molecular weight is 300 g/mol. The van der Waals surface area contributed by atoms with Crippen LogP contribution in [0.4, 0.5) is 0 Å². The van der Waals surface area contributed by atoms with Gasteiger partial charge in [-0.05, 0) is 56.8 Å². The Labute approximate surface area is 124 Å². The molecule has 1 atom stereocenters. The van der Waals surface area contributed by atoms with E-state index in [0.29, 0.717) is 9.75 Å². The number of rotatable bonds is 3. The highest BCUT2D eigenvalue weighted by molar-refractivity contribution is 7.18. The van der Waals surface area contributed by atoms with E-state index in [1.165, 1.54) is 24.2 Å². The zero-order valence-electron chi connectivity index (χ0n) is 11.9. The maximum atomic E-state index is 12.4. The fourth-order valence-corrected chi connectivity index (χ4v) is 3.72. The van der Waals surface area contributed by atoms with Crippen LogP contribution >= 0.6 is 22.9 Å². The lowest BCUT2D eigenvalue weighted by Gasteiger charge is -2.27. The zero-order chi connectivity index (χ0) is 14.0. The van der Waals surface area contributed by atoms with Gasteiger partial charge in [0.1, 0.15) is 0 Å². The third kappa shape index (κ3) is 3.80.